The van der Waals surface area contributed by atoms with Crippen molar-refractivity contribution in [2.45, 2.75) is 23.7 Å². The smallest absolute Gasteiger partial charge is 0.177 e. The van der Waals surface area contributed by atoms with Crippen molar-refractivity contribution < 1.29 is 18.9 Å². The Morgan fingerprint density at radius 3 is 2.00 bits per heavy atom. The van der Waals surface area contributed by atoms with Crippen molar-refractivity contribution in [3.8, 4) is 0 Å². The summed E-state index contributed by atoms with van der Waals surface area (Å²) in [5.74, 6) is 0. The molecule has 1 aliphatic rings. The molecule has 1 rings (SSSR count). The van der Waals surface area contributed by atoms with E-state index in [0.29, 0.717) is 0 Å². The topological polar surface area (TPSA) is 89.0 Å². The summed E-state index contributed by atoms with van der Waals surface area (Å²) in [4.78, 5) is 0. The molecule has 94 valence electrons. The molecule has 0 aliphatic heterocycles. The van der Waals surface area contributed by atoms with Crippen LogP contribution in [-0.2, 0) is 18.9 Å². The van der Waals surface area contributed by atoms with Crippen LogP contribution in [0.1, 0.15) is 0 Å². The van der Waals surface area contributed by atoms with Gasteiger partial charge in [0, 0.05) is 28.4 Å². The first kappa shape index (κ1) is 13.6. The van der Waals surface area contributed by atoms with Crippen LogP contribution in [-0.4, -0.2) is 52.1 Å². The molecule has 4 unspecified atom stereocenters. The zero-order valence-electron chi connectivity index (χ0n) is 10.1. The molecule has 0 heterocycles. The molecule has 1 aliphatic carbocycles. The van der Waals surface area contributed by atoms with Gasteiger partial charge in [-0.05, 0) is 6.08 Å². The lowest BCUT2D eigenvalue weighted by Gasteiger charge is -2.48. The van der Waals surface area contributed by atoms with Gasteiger partial charge in [0.15, 0.2) is 11.4 Å². The van der Waals surface area contributed by atoms with Crippen LogP contribution >= 0.6 is 0 Å². The fraction of sp³-hybridized carbons (Fsp3) is 0.800. The van der Waals surface area contributed by atoms with E-state index < -0.39 is 23.7 Å². The second-order valence-electron chi connectivity index (χ2n) is 3.75. The zero-order chi connectivity index (χ0) is 12.4. The van der Waals surface area contributed by atoms with Crippen molar-refractivity contribution in [2.24, 2.45) is 11.5 Å². The maximum atomic E-state index is 6.14. The fourth-order valence-electron chi connectivity index (χ4n) is 2.01. The van der Waals surface area contributed by atoms with Gasteiger partial charge >= 0.3 is 0 Å². The van der Waals surface area contributed by atoms with Crippen molar-refractivity contribution in [3.05, 3.63) is 12.2 Å². The van der Waals surface area contributed by atoms with Crippen molar-refractivity contribution in [3.63, 3.8) is 0 Å². The van der Waals surface area contributed by atoms with E-state index in [4.69, 9.17) is 30.4 Å². The minimum absolute atomic E-state index is 0.450. The number of methoxy groups -OCH3 is 4. The first-order valence-electron chi connectivity index (χ1n) is 4.91. The molecule has 0 saturated heterocycles. The minimum atomic E-state index is -1.19. The van der Waals surface area contributed by atoms with Gasteiger partial charge in [0.1, 0.15) is 12.2 Å². The first-order valence-corrected chi connectivity index (χ1v) is 4.91. The lowest BCUT2D eigenvalue weighted by Crippen LogP contribution is -2.73. The maximum absolute atomic E-state index is 6.14. The lowest BCUT2D eigenvalue weighted by molar-refractivity contribution is -0.225. The van der Waals surface area contributed by atoms with Crippen LogP contribution in [0.25, 0.3) is 0 Å². The third kappa shape index (κ3) is 1.88. The highest BCUT2D eigenvalue weighted by Gasteiger charge is 2.54. The minimum Gasteiger partial charge on any atom is -0.373 e. The van der Waals surface area contributed by atoms with E-state index in [0.717, 1.165) is 0 Å². The van der Waals surface area contributed by atoms with Crippen LogP contribution in [0.5, 0.6) is 0 Å². The first-order chi connectivity index (χ1) is 7.48. The van der Waals surface area contributed by atoms with E-state index in [-0.39, 0.29) is 0 Å². The number of rotatable bonds is 4. The fourth-order valence-corrected chi connectivity index (χ4v) is 2.01. The van der Waals surface area contributed by atoms with Gasteiger partial charge in [0.2, 0.25) is 0 Å². The van der Waals surface area contributed by atoms with Gasteiger partial charge in [-0.2, -0.15) is 0 Å². The molecule has 0 bridgehead atoms. The summed E-state index contributed by atoms with van der Waals surface area (Å²) in [7, 11) is 6.00. The SMILES string of the molecule is COC1C=CC(N)(OC)C(OC)C1(N)OC. The van der Waals surface area contributed by atoms with E-state index in [1.165, 1.54) is 21.3 Å². The van der Waals surface area contributed by atoms with Crippen LogP contribution < -0.4 is 11.5 Å². The number of hydrogen-bond donors (Lipinski definition) is 2. The Balaban J connectivity index is 3.16. The Morgan fingerprint density at radius 1 is 1.00 bits per heavy atom. The Kier molecular flexibility index (Phi) is 4.06. The number of nitrogens with two attached hydrogens (primary N) is 2. The van der Waals surface area contributed by atoms with Crippen LogP contribution in [0.2, 0.25) is 0 Å². The predicted molar refractivity (Wildman–Crippen MR) is 58.6 cm³/mol. The van der Waals surface area contributed by atoms with Gasteiger partial charge in [0.05, 0.1) is 0 Å². The van der Waals surface area contributed by atoms with E-state index >= 15 is 0 Å². The highest BCUT2D eigenvalue weighted by Crippen LogP contribution is 2.32. The molecule has 0 aromatic carbocycles. The molecule has 16 heavy (non-hydrogen) atoms. The second-order valence-corrected chi connectivity index (χ2v) is 3.75. The predicted octanol–water partition coefficient (Wildman–Crippen LogP) is -0.811. The lowest BCUT2D eigenvalue weighted by atomic mass is 9.85. The maximum Gasteiger partial charge on any atom is 0.177 e. The molecular weight excluding hydrogens is 212 g/mol. The van der Waals surface area contributed by atoms with Crippen LogP contribution in [0, 0.1) is 0 Å². The molecule has 0 fully saturated rings. The van der Waals surface area contributed by atoms with Crippen molar-refractivity contribution in [1.82, 2.24) is 0 Å². The number of hydrogen-bond acceptors (Lipinski definition) is 6. The molecule has 0 aromatic heterocycles. The molecule has 0 spiro atoms. The molecule has 4 N–H and O–H groups in total. The van der Waals surface area contributed by atoms with Gasteiger partial charge in [-0.25, -0.2) is 0 Å². The molecule has 4 atom stereocenters. The zero-order valence-corrected chi connectivity index (χ0v) is 10.1. The quantitative estimate of drug-likeness (QED) is 0.487. The Hall–Kier alpha value is -0.500. The van der Waals surface area contributed by atoms with Crippen molar-refractivity contribution in [2.75, 3.05) is 28.4 Å². The molecule has 0 radical (unpaired) electrons. The van der Waals surface area contributed by atoms with Gasteiger partial charge in [0.25, 0.3) is 0 Å². The Bertz CT molecular complexity index is 274. The average molecular weight is 232 g/mol. The third-order valence-electron chi connectivity index (χ3n) is 2.99. The highest BCUT2D eigenvalue weighted by molar-refractivity contribution is 5.20. The molecule has 6 nitrogen and oxygen atoms in total. The highest BCUT2D eigenvalue weighted by atomic mass is 16.6. The van der Waals surface area contributed by atoms with Gasteiger partial charge < -0.3 is 18.9 Å². The Morgan fingerprint density at radius 2 is 1.62 bits per heavy atom. The van der Waals surface area contributed by atoms with E-state index in [1.54, 1.807) is 19.3 Å². The van der Waals surface area contributed by atoms with E-state index in [1.807, 2.05) is 0 Å². The summed E-state index contributed by atoms with van der Waals surface area (Å²) < 4.78 is 21.1. The summed E-state index contributed by atoms with van der Waals surface area (Å²) in [5, 5.41) is 0. The molecular formula is C10H20N2O4. The summed E-state index contributed by atoms with van der Waals surface area (Å²) in [6, 6.07) is 0. The van der Waals surface area contributed by atoms with Gasteiger partial charge in [-0.1, -0.05) is 6.08 Å². The molecule has 0 amide bonds. The monoisotopic (exact) mass is 232 g/mol. The Labute approximate surface area is 95.5 Å². The van der Waals surface area contributed by atoms with Gasteiger partial charge in [-0.3, -0.25) is 11.5 Å². The normalized spacial score (nSPS) is 43.6. The van der Waals surface area contributed by atoms with Gasteiger partial charge in [-0.15, -0.1) is 0 Å². The van der Waals surface area contributed by atoms with E-state index in [2.05, 4.69) is 0 Å². The summed E-state index contributed by atoms with van der Waals surface area (Å²) in [6.45, 7) is 0. The van der Waals surface area contributed by atoms with E-state index in [9.17, 15) is 0 Å². The summed E-state index contributed by atoms with van der Waals surface area (Å²) in [6.07, 6.45) is 2.25. The average Bonchev–Trinajstić information content (AvgIpc) is 2.29. The molecule has 0 saturated carbocycles. The largest absolute Gasteiger partial charge is 0.373 e. The summed E-state index contributed by atoms with van der Waals surface area (Å²) in [5.41, 5.74) is 9.85. The van der Waals surface area contributed by atoms with Crippen LogP contribution in [0.4, 0.5) is 0 Å². The van der Waals surface area contributed by atoms with Crippen molar-refractivity contribution in [1.29, 1.82) is 0 Å². The summed E-state index contributed by atoms with van der Waals surface area (Å²) >= 11 is 0. The second kappa shape index (κ2) is 4.79. The van der Waals surface area contributed by atoms with Crippen LogP contribution in [0.15, 0.2) is 12.2 Å². The van der Waals surface area contributed by atoms with Crippen molar-refractivity contribution >= 4 is 0 Å². The van der Waals surface area contributed by atoms with Crippen LogP contribution in [0.3, 0.4) is 0 Å². The number of ether oxygens (including phenoxy) is 4. The third-order valence-corrected chi connectivity index (χ3v) is 2.99. The molecule has 0 aromatic rings. The molecule has 6 heteroatoms. The standard InChI is InChI=1S/C10H20N2O4/c1-13-7-5-6-9(11,15-3)8(14-2)10(7,12)16-4/h5-8H,11-12H2,1-4H3.